The fourth-order valence-corrected chi connectivity index (χ4v) is 2.76. The third-order valence-corrected chi connectivity index (χ3v) is 3.80. The van der Waals surface area contributed by atoms with E-state index in [-0.39, 0.29) is 17.9 Å². The maximum Gasteiger partial charge on any atom is 0.335 e. The number of thiazole rings is 1. The summed E-state index contributed by atoms with van der Waals surface area (Å²) in [5, 5.41) is 11.7. The number of hydrogen-bond donors (Lipinski definition) is 1. The molecule has 1 aromatic heterocycles. The molecule has 19 heavy (non-hydrogen) atoms. The standard InChI is InChI=1S/C13H10N2O3S/c16-12-6-9-5-8(13(17)18)1-2-10(9)15(12)7-11-14-3-4-19-11/h1-5H,6-7H2,(H,17,18). The van der Waals surface area contributed by atoms with Crippen molar-refractivity contribution in [2.75, 3.05) is 4.90 Å². The molecule has 2 aromatic rings. The number of rotatable bonds is 3. The highest BCUT2D eigenvalue weighted by molar-refractivity contribution is 7.09. The molecule has 0 saturated heterocycles. The minimum absolute atomic E-state index is 0.0206. The van der Waals surface area contributed by atoms with E-state index in [4.69, 9.17) is 5.11 Å². The van der Waals surface area contributed by atoms with Crippen LogP contribution >= 0.6 is 11.3 Å². The van der Waals surface area contributed by atoms with Crippen LogP contribution in [0.15, 0.2) is 29.8 Å². The molecule has 1 aliphatic heterocycles. The predicted molar refractivity (Wildman–Crippen MR) is 70.4 cm³/mol. The van der Waals surface area contributed by atoms with Crippen LogP contribution in [0.3, 0.4) is 0 Å². The quantitative estimate of drug-likeness (QED) is 0.928. The summed E-state index contributed by atoms with van der Waals surface area (Å²) in [4.78, 5) is 28.7. The average molecular weight is 274 g/mol. The third kappa shape index (κ3) is 2.10. The SMILES string of the molecule is O=C(O)c1ccc2c(c1)CC(=O)N2Cc1nccs1. The number of carboxylic acids is 1. The van der Waals surface area contributed by atoms with Crippen LogP contribution in [0.4, 0.5) is 5.69 Å². The molecule has 0 bridgehead atoms. The molecule has 96 valence electrons. The number of aromatic nitrogens is 1. The molecule has 0 saturated carbocycles. The van der Waals surface area contributed by atoms with E-state index in [0.29, 0.717) is 6.54 Å². The van der Waals surface area contributed by atoms with Gasteiger partial charge in [-0.3, -0.25) is 4.79 Å². The number of benzene rings is 1. The van der Waals surface area contributed by atoms with Gasteiger partial charge in [0.1, 0.15) is 5.01 Å². The highest BCUT2D eigenvalue weighted by Crippen LogP contribution is 2.31. The number of amides is 1. The molecule has 0 radical (unpaired) electrons. The van der Waals surface area contributed by atoms with Gasteiger partial charge in [-0.1, -0.05) is 0 Å². The molecule has 0 spiro atoms. The van der Waals surface area contributed by atoms with Crippen molar-refractivity contribution in [3.63, 3.8) is 0 Å². The first-order chi connectivity index (χ1) is 9.15. The second-order valence-corrected chi connectivity index (χ2v) is 5.21. The van der Waals surface area contributed by atoms with Gasteiger partial charge in [-0.15, -0.1) is 11.3 Å². The number of aromatic carboxylic acids is 1. The van der Waals surface area contributed by atoms with Crippen LogP contribution in [0.25, 0.3) is 0 Å². The van der Waals surface area contributed by atoms with Crippen molar-refractivity contribution in [2.24, 2.45) is 0 Å². The smallest absolute Gasteiger partial charge is 0.335 e. The molecular formula is C13H10N2O3S. The topological polar surface area (TPSA) is 70.5 Å². The normalized spacial score (nSPS) is 13.7. The fraction of sp³-hybridized carbons (Fsp3) is 0.154. The number of hydrogen-bond acceptors (Lipinski definition) is 4. The lowest BCUT2D eigenvalue weighted by Crippen LogP contribution is -2.25. The monoisotopic (exact) mass is 274 g/mol. The van der Waals surface area contributed by atoms with Gasteiger partial charge in [-0.2, -0.15) is 0 Å². The summed E-state index contributed by atoms with van der Waals surface area (Å²) in [7, 11) is 0. The Hall–Kier alpha value is -2.21. The maximum absolute atomic E-state index is 12.0. The highest BCUT2D eigenvalue weighted by Gasteiger charge is 2.28. The van der Waals surface area contributed by atoms with E-state index >= 15 is 0 Å². The Kier molecular flexibility index (Phi) is 2.79. The van der Waals surface area contributed by atoms with Crippen molar-refractivity contribution >= 4 is 28.9 Å². The molecule has 5 nitrogen and oxygen atoms in total. The van der Waals surface area contributed by atoms with Crippen molar-refractivity contribution in [2.45, 2.75) is 13.0 Å². The minimum Gasteiger partial charge on any atom is -0.478 e. The van der Waals surface area contributed by atoms with Gasteiger partial charge in [0.15, 0.2) is 0 Å². The summed E-state index contributed by atoms with van der Waals surface area (Å²) >= 11 is 1.50. The molecule has 2 heterocycles. The average Bonchev–Trinajstić information content (AvgIpc) is 2.98. The fourth-order valence-electron chi connectivity index (χ4n) is 2.16. The van der Waals surface area contributed by atoms with Gasteiger partial charge in [-0.25, -0.2) is 9.78 Å². The van der Waals surface area contributed by atoms with Crippen molar-refractivity contribution in [3.8, 4) is 0 Å². The van der Waals surface area contributed by atoms with Crippen molar-refractivity contribution in [1.29, 1.82) is 0 Å². The van der Waals surface area contributed by atoms with E-state index in [2.05, 4.69) is 4.98 Å². The molecule has 0 unspecified atom stereocenters. The van der Waals surface area contributed by atoms with Gasteiger partial charge in [0, 0.05) is 17.3 Å². The van der Waals surface area contributed by atoms with Crippen LogP contribution in [-0.2, 0) is 17.8 Å². The van der Waals surface area contributed by atoms with Crippen LogP contribution in [0, 0.1) is 0 Å². The summed E-state index contributed by atoms with van der Waals surface area (Å²) in [5.41, 5.74) is 1.76. The second kappa shape index (κ2) is 4.47. The molecule has 1 aromatic carbocycles. The lowest BCUT2D eigenvalue weighted by Gasteiger charge is -2.15. The zero-order valence-corrected chi connectivity index (χ0v) is 10.7. The Bertz CT molecular complexity index is 652. The Morgan fingerprint density at radius 1 is 1.47 bits per heavy atom. The summed E-state index contributed by atoms with van der Waals surface area (Å²) < 4.78 is 0. The number of carboxylic acid groups (broad SMARTS) is 1. The molecule has 0 aliphatic carbocycles. The Balaban J connectivity index is 1.94. The first kappa shape index (κ1) is 11.9. The van der Waals surface area contributed by atoms with Gasteiger partial charge >= 0.3 is 5.97 Å². The summed E-state index contributed by atoms with van der Waals surface area (Å²) in [6.07, 6.45) is 1.96. The van der Waals surface area contributed by atoms with Gasteiger partial charge < -0.3 is 10.0 Å². The van der Waals surface area contributed by atoms with E-state index in [1.807, 2.05) is 5.38 Å². The maximum atomic E-state index is 12.0. The van der Waals surface area contributed by atoms with Crippen LogP contribution < -0.4 is 4.90 Å². The van der Waals surface area contributed by atoms with Gasteiger partial charge in [-0.05, 0) is 23.8 Å². The lowest BCUT2D eigenvalue weighted by molar-refractivity contribution is -0.117. The van der Waals surface area contributed by atoms with E-state index in [1.165, 1.54) is 17.4 Å². The largest absolute Gasteiger partial charge is 0.478 e. The number of nitrogens with zero attached hydrogens (tertiary/aromatic N) is 2. The van der Waals surface area contributed by atoms with Crippen LogP contribution in [0.5, 0.6) is 0 Å². The zero-order chi connectivity index (χ0) is 13.4. The number of carbonyl (C=O) groups excluding carboxylic acids is 1. The third-order valence-electron chi connectivity index (χ3n) is 3.04. The van der Waals surface area contributed by atoms with Crippen molar-refractivity contribution in [3.05, 3.63) is 45.9 Å². The van der Waals surface area contributed by atoms with Gasteiger partial charge in [0.2, 0.25) is 5.91 Å². The predicted octanol–water partition coefficient (Wildman–Crippen LogP) is 1.93. The number of carbonyl (C=O) groups is 2. The van der Waals surface area contributed by atoms with E-state index in [9.17, 15) is 9.59 Å². The zero-order valence-electron chi connectivity index (χ0n) is 9.87. The van der Waals surface area contributed by atoms with Crippen LogP contribution in [-0.4, -0.2) is 22.0 Å². The van der Waals surface area contributed by atoms with E-state index in [1.54, 1.807) is 23.2 Å². The molecule has 1 amide bonds. The molecule has 0 fully saturated rings. The van der Waals surface area contributed by atoms with E-state index in [0.717, 1.165) is 16.3 Å². The summed E-state index contributed by atoms with van der Waals surface area (Å²) in [6.45, 7) is 0.440. The van der Waals surface area contributed by atoms with Crippen LogP contribution in [0.2, 0.25) is 0 Å². The first-order valence-corrected chi connectivity index (χ1v) is 6.58. The second-order valence-electron chi connectivity index (χ2n) is 4.23. The van der Waals surface area contributed by atoms with Crippen molar-refractivity contribution in [1.82, 2.24) is 4.98 Å². The Morgan fingerprint density at radius 3 is 3.00 bits per heavy atom. The Morgan fingerprint density at radius 2 is 2.32 bits per heavy atom. The molecular weight excluding hydrogens is 264 g/mol. The van der Waals surface area contributed by atoms with Crippen LogP contribution in [0.1, 0.15) is 20.9 Å². The lowest BCUT2D eigenvalue weighted by atomic mass is 10.1. The first-order valence-electron chi connectivity index (χ1n) is 5.70. The molecule has 1 N–H and O–H groups in total. The van der Waals surface area contributed by atoms with Crippen molar-refractivity contribution < 1.29 is 14.7 Å². The molecule has 3 rings (SSSR count). The molecule has 1 aliphatic rings. The molecule has 0 atom stereocenters. The summed E-state index contributed by atoms with van der Waals surface area (Å²) in [5.74, 6) is -0.999. The summed E-state index contributed by atoms with van der Waals surface area (Å²) in [6, 6.07) is 4.78. The molecule has 6 heteroatoms. The van der Waals surface area contributed by atoms with Gasteiger partial charge in [0.05, 0.1) is 18.5 Å². The highest BCUT2D eigenvalue weighted by atomic mass is 32.1. The number of fused-ring (bicyclic) bond motifs is 1. The number of anilines is 1. The minimum atomic E-state index is -0.978. The van der Waals surface area contributed by atoms with E-state index < -0.39 is 5.97 Å². The Labute approximate surface area is 113 Å². The van der Waals surface area contributed by atoms with Gasteiger partial charge in [0.25, 0.3) is 0 Å².